The SMILES string of the molecule is CC(C)c1ccc(-c2csc3nc(SCC(=O)N4CCCc5ccccc54)[nH]c(=O)c23)cc1. The molecule has 0 aliphatic carbocycles. The Morgan fingerprint density at radius 2 is 1.97 bits per heavy atom. The zero-order valence-electron chi connectivity index (χ0n) is 18.6. The van der Waals surface area contributed by atoms with Crippen molar-refractivity contribution in [3.63, 3.8) is 0 Å². The number of thioether (sulfide) groups is 1. The molecule has 1 N–H and O–H groups in total. The van der Waals surface area contributed by atoms with Gasteiger partial charge in [-0.2, -0.15) is 0 Å². The second kappa shape index (κ2) is 9.15. The van der Waals surface area contributed by atoms with Gasteiger partial charge in [0.15, 0.2) is 5.16 Å². The van der Waals surface area contributed by atoms with Crippen LogP contribution in [0.2, 0.25) is 0 Å². The van der Waals surface area contributed by atoms with Crippen molar-refractivity contribution >= 4 is 44.9 Å². The number of aromatic nitrogens is 2. The van der Waals surface area contributed by atoms with Crippen LogP contribution in [0.5, 0.6) is 0 Å². The lowest BCUT2D eigenvalue weighted by Gasteiger charge is -2.29. The maximum absolute atomic E-state index is 12.9. The zero-order valence-corrected chi connectivity index (χ0v) is 20.3. The van der Waals surface area contributed by atoms with Crippen LogP contribution in [-0.4, -0.2) is 28.2 Å². The van der Waals surface area contributed by atoms with Crippen LogP contribution in [0.4, 0.5) is 5.69 Å². The third-order valence-corrected chi connectivity index (χ3v) is 7.78. The highest BCUT2D eigenvalue weighted by Gasteiger charge is 2.22. The lowest BCUT2D eigenvalue weighted by molar-refractivity contribution is -0.116. The van der Waals surface area contributed by atoms with Gasteiger partial charge >= 0.3 is 0 Å². The van der Waals surface area contributed by atoms with Gasteiger partial charge in [0.2, 0.25) is 5.91 Å². The number of hydrogen-bond acceptors (Lipinski definition) is 5. The van der Waals surface area contributed by atoms with Crippen molar-refractivity contribution < 1.29 is 4.79 Å². The number of thiophene rings is 1. The number of nitrogens with zero attached hydrogens (tertiary/aromatic N) is 2. The standard InChI is InChI=1S/C26H25N3O2S2/c1-16(2)17-9-11-18(12-10-17)20-14-32-25-23(20)24(31)27-26(28-25)33-15-22(30)29-13-5-7-19-6-3-4-8-21(19)29/h3-4,6,8-12,14,16H,5,7,13,15H2,1-2H3,(H,27,28,31). The third kappa shape index (κ3) is 4.35. The van der Waals surface area contributed by atoms with Crippen molar-refractivity contribution in [3.05, 3.63) is 75.4 Å². The van der Waals surface area contributed by atoms with Crippen LogP contribution in [0.25, 0.3) is 21.3 Å². The van der Waals surface area contributed by atoms with Crippen LogP contribution in [0, 0.1) is 0 Å². The lowest BCUT2D eigenvalue weighted by Crippen LogP contribution is -2.36. The molecule has 0 saturated heterocycles. The van der Waals surface area contributed by atoms with E-state index in [1.165, 1.54) is 34.2 Å². The number of nitrogens with one attached hydrogen (secondary N) is 1. The van der Waals surface area contributed by atoms with Gasteiger partial charge in [-0.3, -0.25) is 9.59 Å². The normalized spacial score (nSPS) is 13.5. The summed E-state index contributed by atoms with van der Waals surface area (Å²) < 4.78 is 0. The van der Waals surface area contributed by atoms with E-state index >= 15 is 0 Å². The summed E-state index contributed by atoms with van der Waals surface area (Å²) in [7, 11) is 0. The number of aromatic amines is 1. The molecular formula is C26H25N3O2S2. The van der Waals surface area contributed by atoms with E-state index in [2.05, 4.69) is 54.1 Å². The van der Waals surface area contributed by atoms with Crippen LogP contribution in [0.3, 0.4) is 0 Å². The third-order valence-electron chi connectivity index (χ3n) is 6.05. The van der Waals surface area contributed by atoms with Gasteiger partial charge in [0.1, 0.15) is 4.83 Å². The van der Waals surface area contributed by atoms with E-state index in [0.29, 0.717) is 21.3 Å². The number of fused-ring (bicyclic) bond motifs is 2. The van der Waals surface area contributed by atoms with Gasteiger partial charge in [0.05, 0.1) is 11.1 Å². The summed E-state index contributed by atoms with van der Waals surface area (Å²) in [6.07, 6.45) is 1.96. The maximum Gasteiger partial charge on any atom is 0.260 e. The van der Waals surface area contributed by atoms with Crippen LogP contribution >= 0.6 is 23.1 Å². The van der Waals surface area contributed by atoms with Crippen molar-refractivity contribution in [2.75, 3.05) is 17.2 Å². The fourth-order valence-electron chi connectivity index (χ4n) is 4.26. The summed E-state index contributed by atoms with van der Waals surface area (Å²) in [4.78, 5) is 36.0. The molecule has 2 aromatic heterocycles. The predicted octanol–water partition coefficient (Wildman–Crippen LogP) is 5.85. The largest absolute Gasteiger partial charge is 0.311 e. The second-order valence-corrected chi connectivity index (χ2v) is 10.4. The minimum Gasteiger partial charge on any atom is -0.311 e. The summed E-state index contributed by atoms with van der Waals surface area (Å²) in [5.41, 5.74) is 5.22. The fourth-order valence-corrected chi connectivity index (χ4v) is 6.00. The first-order valence-electron chi connectivity index (χ1n) is 11.1. The van der Waals surface area contributed by atoms with Crippen LogP contribution in [0.15, 0.2) is 63.9 Å². The first-order chi connectivity index (χ1) is 16.0. The molecule has 0 fully saturated rings. The van der Waals surface area contributed by atoms with E-state index in [1.807, 2.05) is 28.5 Å². The molecule has 1 aliphatic rings. The Morgan fingerprint density at radius 3 is 2.76 bits per heavy atom. The Balaban J connectivity index is 1.35. The van der Waals surface area contributed by atoms with Crippen LogP contribution in [-0.2, 0) is 11.2 Å². The van der Waals surface area contributed by atoms with Crippen molar-refractivity contribution in [3.8, 4) is 11.1 Å². The van der Waals surface area contributed by atoms with Crippen LogP contribution < -0.4 is 10.5 Å². The lowest BCUT2D eigenvalue weighted by atomic mass is 9.99. The molecule has 1 aliphatic heterocycles. The first kappa shape index (κ1) is 21.9. The van der Waals surface area contributed by atoms with Gasteiger partial charge in [-0.15, -0.1) is 11.3 Å². The molecule has 0 atom stereocenters. The van der Waals surface area contributed by atoms with Crippen molar-refractivity contribution in [2.24, 2.45) is 0 Å². The number of carbonyl (C=O) groups excluding carboxylic acids is 1. The van der Waals surface area contributed by atoms with Gasteiger partial charge in [-0.25, -0.2) is 4.98 Å². The van der Waals surface area contributed by atoms with Gasteiger partial charge < -0.3 is 9.88 Å². The average Bonchev–Trinajstić information content (AvgIpc) is 3.27. The van der Waals surface area contributed by atoms with Gasteiger partial charge in [0, 0.05) is 23.2 Å². The molecule has 3 heterocycles. The number of amides is 1. The summed E-state index contributed by atoms with van der Waals surface area (Å²) >= 11 is 2.75. The summed E-state index contributed by atoms with van der Waals surface area (Å²) in [6.45, 7) is 5.05. The van der Waals surface area contributed by atoms with E-state index in [4.69, 9.17) is 0 Å². The number of aryl methyl sites for hydroxylation is 1. The molecule has 7 heteroatoms. The topological polar surface area (TPSA) is 66.1 Å². The highest BCUT2D eigenvalue weighted by atomic mass is 32.2. The summed E-state index contributed by atoms with van der Waals surface area (Å²) in [5, 5.41) is 3.08. The smallest absolute Gasteiger partial charge is 0.260 e. The number of hydrogen-bond donors (Lipinski definition) is 1. The molecule has 0 spiro atoms. The number of H-pyrrole nitrogens is 1. The maximum atomic E-state index is 12.9. The van der Waals surface area contributed by atoms with Crippen molar-refractivity contribution in [1.82, 2.24) is 9.97 Å². The predicted molar refractivity (Wildman–Crippen MR) is 138 cm³/mol. The monoisotopic (exact) mass is 475 g/mol. The molecule has 0 bridgehead atoms. The first-order valence-corrected chi connectivity index (χ1v) is 13.0. The van der Waals surface area contributed by atoms with Crippen molar-refractivity contribution in [2.45, 2.75) is 37.8 Å². The fraction of sp³-hybridized carbons (Fsp3) is 0.269. The Kier molecular flexibility index (Phi) is 6.08. The van der Waals surface area contributed by atoms with Crippen LogP contribution in [0.1, 0.15) is 37.3 Å². The molecular weight excluding hydrogens is 450 g/mol. The second-order valence-electron chi connectivity index (χ2n) is 8.54. The zero-order chi connectivity index (χ0) is 22.9. The molecule has 5 rings (SSSR count). The van der Waals surface area contributed by atoms with Crippen molar-refractivity contribution in [1.29, 1.82) is 0 Å². The van der Waals surface area contributed by atoms with E-state index in [9.17, 15) is 9.59 Å². The Morgan fingerprint density at radius 1 is 1.18 bits per heavy atom. The minimum atomic E-state index is -0.164. The quantitative estimate of drug-likeness (QED) is 0.291. The van der Waals surface area contributed by atoms with Gasteiger partial charge in [0.25, 0.3) is 5.56 Å². The van der Waals surface area contributed by atoms with Gasteiger partial charge in [-0.05, 0) is 41.5 Å². The molecule has 0 saturated carbocycles. The molecule has 33 heavy (non-hydrogen) atoms. The molecule has 0 unspecified atom stereocenters. The van der Waals surface area contributed by atoms with Gasteiger partial charge in [-0.1, -0.05) is 68.1 Å². The average molecular weight is 476 g/mol. The molecule has 168 valence electrons. The number of carbonyl (C=O) groups is 1. The van der Waals surface area contributed by atoms with E-state index < -0.39 is 0 Å². The molecule has 2 aromatic carbocycles. The summed E-state index contributed by atoms with van der Waals surface area (Å²) in [5.74, 6) is 0.730. The van der Waals surface area contributed by atoms with E-state index in [-0.39, 0.29) is 17.2 Å². The summed E-state index contributed by atoms with van der Waals surface area (Å²) in [6, 6.07) is 16.4. The molecule has 4 aromatic rings. The number of benzene rings is 2. The molecule has 0 radical (unpaired) electrons. The highest BCUT2D eigenvalue weighted by molar-refractivity contribution is 7.99. The Hall–Kier alpha value is -2.90. The van der Waals surface area contributed by atoms with E-state index in [0.717, 1.165) is 36.2 Å². The Bertz CT molecular complexity index is 1370. The number of para-hydroxylation sites is 1. The minimum absolute atomic E-state index is 0.0343. The molecule has 5 nitrogen and oxygen atoms in total. The van der Waals surface area contributed by atoms with E-state index in [1.54, 1.807) is 0 Å². The number of rotatable bonds is 5. The Labute approximate surface area is 200 Å². The highest BCUT2D eigenvalue weighted by Crippen LogP contribution is 2.33. The number of anilines is 1. The molecule has 1 amide bonds.